The molecule has 0 unspecified atom stereocenters. The number of carbonyl (C=O) groups is 2. The maximum Gasteiger partial charge on any atom is 0.236 e. The van der Waals surface area contributed by atoms with Gasteiger partial charge >= 0.3 is 0 Å². The number of aliphatic hydroxyl groups is 2. The molecule has 1 aliphatic carbocycles. The van der Waals surface area contributed by atoms with E-state index in [-0.39, 0.29) is 12.8 Å². The van der Waals surface area contributed by atoms with Crippen LogP contribution in [0, 0.1) is 5.41 Å². The van der Waals surface area contributed by atoms with E-state index in [1.165, 1.54) is 28.4 Å². The number of ether oxygens (including phenoxy) is 4. The number of rotatable bonds is 16. The maximum absolute atomic E-state index is 15.6. The largest absolute Gasteiger partial charge is 0.496 e. The minimum atomic E-state index is -2.00. The minimum absolute atomic E-state index is 0.219. The summed E-state index contributed by atoms with van der Waals surface area (Å²) in [4.78, 5) is 31.2. The molecule has 1 saturated carbocycles. The molecule has 0 radical (unpaired) electrons. The number of hydrogen-bond acceptors (Lipinski definition) is 8. The predicted molar refractivity (Wildman–Crippen MR) is 238 cm³/mol. The lowest BCUT2D eigenvalue weighted by Gasteiger charge is -2.44. The average Bonchev–Trinajstić information content (AvgIpc) is 3.34. The number of nitrogens with one attached hydrogen (secondary N) is 2. The Hall–Kier alpha value is -6.62. The van der Waals surface area contributed by atoms with Gasteiger partial charge < -0.3 is 39.8 Å². The Balaban J connectivity index is 1.40. The van der Waals surface area contributed by atoms with E-state index in [0.29, 0.717) is 69.2 Å². The Morgan fingerprint density at radius 3 is 1.02 bits per heavy atom. The summed E-state index contributed by atoms with van der Waals surface area (Å²) >= 11 is 0. The first-order valence-electron chi connectivity index (χ1n) is 20.9. The van der Waals surface area contributed by atoms with Crippen LogP contribution >= 0.6 is 0 Å². The second kappa shape index (κ2) is 19.0. The third-order valence-corrected chi connectivity index (χ3v) is 12.3. The normalized spacial score (nSPS) is 14.7. The molecule has 1 fully saturated rings. The molecule has 6 aromatic carbocycles. The van der Waals surface area contributed by atoms with Gasteiger partial charge in [-0.1, -0.05) is 153 Å². The van der Waals surface area contributed by atoms with E-state index in [1.54, 1.807) is 72.8 Å². The minimum Gasteiger partial charge on any atom is -0.496 e. The molecular weight excluding hydrogens is 781 g/mol. The molecule has 0 saturated heterocycles. The second-order valence-electron chi connectivity index (χ2n) is 15.6. The molecule has 1 aliphatic rings. The van der Waals surface area contributed by atoms with Crippen molar-refractivity contribution in [3.8, 4) is 23.0 Å². The number of para-hydroxylation sites is 4. The van der Waals surface area contributed by atoms with Crippen molar-refractivity contribution in [2.75, 3.05) is 28.4 Å². The zero-order chi connectivity index (χ0) is 43.7. The van der Waals surface area contributed by atoms with E-state index in [0.717, 1.165) is 6.42 Å². The first kappa shape index (κ1) is 43.5. The average molecular weight is 835 g/mol. The SMILES string of the molecule is COc1ccccc1C(O)(c1ccccc1OC)[C@H](NC(=O)C1(C(=O)N[C@H](c2ccccc2)C(O)(c2ccccc2OC)c2ccccc2OC)CCCCC1)c1ccccc1. The van der Waals surface area contributed by atoms with Gasteiger partial charge in [0.25, 0.3) is 0 Å². The van der Waals surface area contributed by atoms with Crippen LogP contribution in [0.25, 0.3) is 0 Å². The van der Waals surface area contributed by atoms with Crippen LogP contribution in [0.2, 0.25) is 0 Å². The number of benzene rings is 6. The first-order valence-corrected chi connectivity index (χ1v) is 20.9. The number of methoxy groups -OCH3 is 4. The molecule has 7 rings (SSSR count). The third-order valence-electron chi connectivity index (χ3n) is 12.3. The van der Waals surface area contributed by atoms with E-state index in [1.807, 2.05) is 84.9 Å². The molecule has 320 valence electrons. The van der Waals surface area contributed by atoms with E-state index >= 15 is 9.59 Å². The van der Waals surface area contributed by atoms with Crippen LogP contribution in [0.1, 0.15) is 77.6 Å². The smallest absolute Gasteiger partial charge is 0.236 e. The quantitative estimate of drug-likeness (QED) is 0.0713. The van der Waals surface area contributed by atoms with Gasteiger partial charge in [-0.15, -0.1) is 0 Å². The fourth-order valence-corrected chi connectivity index (χ4v) is 9.15. The standard InChI is InChI=1S/C52H54N2O8/c1-59-42-30-16-12-26-38(42)51(57,39-27-13-17-31-43(39)60-2)46(36-22-8-5-9-23-36)53-48(55)50(34-20-7-21-35-50)49(56)54-47(37-24-10-6-11-25-37)52(58,40-28-14-18-32-44(40)61-3)41-29-15-19-33-45(41)62-4/h5-6,8-19,22-33,46-47,57-58H,7,20-21,34-35H2,1-4H3,(H,53,55)(H,54,56)/t46-,47-/m1/s1. The molecule has 2 atom stereocenters. The summed E-state index contributed by atoms with van der Waals surface area (Å²) in [6.07, 6.45) is 2.46. The van der Waals surface area contributed by atoms with Crippen molar-refractivity contribution in [3.63, 3.8) is 0 Å². The van der Waals surface area contributed by atoms with E-state index in [2.05, 4.69) is 10.6 Å². The van der Waals surface area contributed by atoms with Gasteiger partial charge in [0.15, 0.2) is 0 Å². The Kier molecular flexibility index (Phi) is 13.3. The van der Waals surface area contributed by atoms with Gasteiger partial charge in [0, 0.05) is 22.3 Å². The molecule has 0 aliphatic heterocycles. The van der Waals surface area contributed by atoms with E-state index < -0.39 is 40.5 Å². The van der Waals surface area contributed by atoms with Crippen LogP contribution in [0.3, 0.4) is 0 Å². The molecule has 10 heteroatoms. The highest BCUT2D eigenvalue weighted by Crippen LogP contribution is 2.51. The van der Waals surface area contributed by atoms with Crippen molar-refractivity contribution in [2.24, 2.45) is 5.41 Å². The third kappa shape index (κ3) is 7.99. The number of carbonyl (C=O) groups excluding carboxylic acids is 2. The maximum atomic E-state index is 15.6. The number of hydrogen-bond donors (Lipinski definition) is 4. The lowest BCUT2D eigenvalue weighted by molar-refractivity contribution is -0.149. The predicted octanol–water partition coefficient (Wildman–Crippen LogP) is 8.56. The summed E-state index contributed by atoms with van der Waals surface area (Å²) in [6.45, 7) is 0. The molecule has 0 heterocycles. The van der Waals surface area contributed by atoms with E-state index in [4.69, 9.17) is 18.9 Å². The zero-order valence-corrected chi connectivity index (χ0v) is 35.5. The van der Waals surface area contributed by atoms with Crippen LogP contribution < -0.4 is 29.6 Å². The summed E-state index contributed by atoms with van der Waals surface area (Å²) in [5.41, 5.74) is -2.95. The van der Waals surface area contributed by atoms with Crippen molar-refractivity contribution in [1.82, 2.24) is 10.6 Å². The Morgan fingerprint density at radius 1 is 0.452 bits per heavy atom. The molecule has 2 amide bonds. The van der Waals surface area contributed by atoms with Gasteiger partial charge in [-0.2, -0.15) is 0 Å². The molecule has 10 nitrogen and oxygen atoms in total. The Labute approximate surface area is 363 Å². The van der Waals surface area contributed by atoms with Crippen molar-refractivity contribution in [3.05, 3.63) is 191 Å². The van der Waals surface area contributed by atoms with E-state index in [9.17, 15) is 10.2 Å². The lowest BCUT2D eigenvalue weighted by Crippen LogP contribution is -2.57. The van der Waals surface area contributed by atoms with Gasteiger partial charge in [0.1, 0.15) is 39.6 Å². The molecule has 0 bridgehead atoms. The summed E-state index contributed by atoms with van der Waals surface area (Å²) in [7, 11) is 6.11. The van der Waals surface area contributed by atoms with Crippen LogP contribution in [0.5, 0.6) is 23.0 Å². The highest BCUT2D eigenvalue weighted by molar-refractivity contribution is 6.05. The topological polar surface area (TPSA) is 136 Å². The monoisotopic (exact) mass is 834 g/mol. The fraction of sp³-hybridized carbons (Fsp3) is 0.269. The molecular formula is C52H54N2O8. The number of amides is 2. The molecule has 4 N–H and O–H groups in total. The van der Waals surface area contributed by atoms with Crippen LogP contribution in [0.15, 0.2) is 158 Å². The highest BCUT2D eigenvalue weighted by Gasteiger charge is 2.54. The summed E-state index contributed by atoms with van der Waals surface area (Å²) in [5.74, 6) is 0.406. The molecule has 0 aromatic heterocycles. The molecule has 0 spiro atoms. The Bertz CT molecular complexity index is 2190. The van der Waals surface area contributed by atoms with Crippen LogP contribution in [-0.2, 0) is 20.8 Å². The lowest BCUT2D eigenvalue weighted by atomic mass is 9.70. The molecule has 62 heavy (non-hydrogen) atoms. The van der Waals surface area contributed by atoms with Gasteiger partial charge in [-0.05, 0) is 48.2 Å². The summed E-state index contributed by atoms with van der Waals surface area (Å²) in [6, 6.07) is 44.6. The molecule has 6 aromatic rings. The van der Waals surface area contributed by atoms with Gasteiger partial charge in [-0.3, -0.25) is 9.59 Å². The van der Waals surface area contributed by atoms with Crippen molar-refractivity contribution < 1.29 is 38.7 Å². The van der Waals surface area contributed by atoms with Gasteiger partial charge in [0.2, 0.25) is 11.8 Å². The fourth-order valence-electron chi connectivity index (χ4n) is 9.15. The van der Waals surface area contributed by atoms with Crippen LogP contribution in [-0.4, -0.2) is 50.5 Å². The van der Waals surface area contributed by atoms with Crippen molar-refractivity contribution >= 4 is 11.8 Å². The first-order chi connectivity index (χ1) is 30.2. The Morgan fingerprint density at radius 2 is 0.726 bits per heavy atom. The van der Waals surface area contributed by atoms with Crippen LogP contribution in [0.4, 0.5) is 0 Å². The van der Waals surface area contributed by atoms with Gasteiger partial charge in [-0.25, -0.2) is 0 Å². The van der Waals surface area contributed by atoms with Crippen molar-refractivity contribution in [2.45, 2.75) is 55.4 Å². The highest BCUT2D eigenvalue weighted by atomic mass is 16.5. The van der Waals surface area contributed by atoms with Crippen molar-refractivity contribution in [1.29, 1.82) is 0 Å². The second-order valence-corrected chi connectivity index (χ2v) is 15.6. The summed E-state index contributed by atoms with van der Waals surface area (Å²) in [5, 5.41) is 33.7. The zero-order valence-electron chi connectivity index (χ0n) is 35.5. The summed E-state index contributed by atoms with van der Waals surface area (Å²) < 4.78 is 23.4. The van der Waals surface area contributed by atoms with Gasteiger partial charge in [0.05, 0.1) is 40.5 Å².